The van der Waals surface area contributed by atoms with E-state index in [1.165, 1.54) is 21.9 Å². The number of nitrogens with one attached hydrogen (secondary N) is 1. The summed E-state index contributed by atoms with van der Waals surface area (Å²) < 4.78 is 0. The zero-order valence-electron chi connectivity index (χ0n) is 10.8. The van der Waals surface area contributed by atoms with Crippen LogP contribution in [0.15, 0.2) is 30.5 Å². The monoisotopic (exact) mass is 226 g/mol. The van der Waals surface area contributed by atoms with Gasteiger partial charge in [-0.25, -0.2) is 0 Å². The van der Waals surface area contributed by atoms with Crippen molar-refractivity contribution >= 4 is 21.8 Å². The van der Waals surface area contributed by atoms with Crippen molar-refractivity contribution in [3.8, 4) is 0 Å². The van der Waals surface area contributed by atoms with Gasteiger partial charge in [-0.15, -0.1) is 0 Å². The molecule has 2 aromatic heterocycles. The Bertz CT molecular complexity index is 650. The Labute approximate surface area is 102 Å². The molecule has 0 fully saturated rings. The van der Waals surface area contributed by atoms with Crippen molar-refractivity contribution in [1.82, 2.24) is 9.97 Å². The molecule has 1 aromatic carbocycles. The molecular formula is C15H18N2. The largest absolute Gasteiger partial charge is 0.353 e. The van der Waals surface area contributed by atoms with E-state index in [4.69, 9.17) is 0 Å². The minimum Gasteiger partial charge on any atom is -0.353 e. The molecule has 2 nitrogen and oxygen atoms in total. The SMILES string of the molecule is CC.Cc1cc2c(cn1)[nH]c1cccc(C)c12. The third kappa shape index (κ3) is 1.91. The zero-order valence-corrected chi connectivity index (χ0v) is 10.8. The Balaban J connectivity index is 0.000000514. The first-order chi connectivity index (χ1) is 8.25. The van der Waals surface area contributed by atoms with E-state index < -0.39 is 0 Å². The van der Waals surface area contributed by atoms with Crippen LogP contribution in [-0.2, 0) is 0 Å². The molecule has 0 unspecified atom stereocenters. The van der Waals surface area contributed by atoms with Gasteiger partial charge in [0.15, 0.2) is 0 Å². The molecule has 0 aliphatic carbocycles. The molecule has 1 N–H and O–H groups in total. The van der Waals surface area contributed by atoms with Gasteiger partial charge in [-0.3, -0.25) is 4.98 Å². The molecule has 0 saturated carbocycles. The first-order valence-electron chi connectivity index (χ1n) is 6.09. The number of hydrogen-bond acceptors (Lipinski definition) is 1. The molecular weight excluding hydrogens is 208 g/mol. The average molecular weight is 226 g/mol. The smallest absolute Gasteiger partial charge is 0.0651 e. The third-order valence-electron chi connectivity index (χ3n) is 2.85. The van der Waals surface area contributed by atoms with Crippen LogP contribution in [0.3, 0.4) is 0 Å². The molecule has 0 amide bonds. The van der Waals surface area contributed by atoms with Crippen LogP contribution in [0.2, 0.25) is 0 Å². The Morgan fingerprint density at radius 1 is 1.06 bits per heavy atom. The maximum Gasteiger partial charge on any atom is 0.0651 e. The quantitative estimate of drug-likeness (QED) is 0.606. The summed E-state index contributed by atoms with van der Waals surface area (Å²) in [5.41, 5.74) is 4.68. The molecule has 88 valence electrons. The topological polar surface area (TPSA) is 28.7 Å². The van der Waals surface area contributed by atoms with E-state index in [2.05, 4.69) is 41.2 Å². The maximum absolute atomic E-state index is 4.30. The lowest BCUT2D eigenvalue weighted by atomic mass is 10.1. The first kappa shape index (κ1) is 11.6. The normalized spacial score (nSPS) is 10.4. The van der Waals surface area contributed by atoms with Crippen molar-refractivity contribution in [3.05, 3.63) is 41.7 Å². The van der Waals surface area contributed by atoms with Crippen molar-refractivity contribution in [2.24, 2.45) is 0 Å². The summed E-state index contributed by atoms with van der Waals surface area (Å²) in [6, 6.07) is 8.47. The number of aromatic amines is 1. The summed E-state index contributed by atoms with van der Waals surface area (Å²) in [6.07, 6.45) is 1.91. The van der Waals surface area contributed by atoms with E-state index in [0.717, 1.165) is 11.2 Å². The Morgan fingerprint density at radius 3 is 2.59 bits per heavy atom. The summed E-state index contributed by atoms with van der Waals surface area (Å²) in [7, 11) is 0. The van der Waals surface area contributed by atoms with Gasteiger partial charge in [-0.2, -0.15) is 0 Å². The molecule has 0 aliphatic rings. The van der Waals surface area contributed by atoms with Gasteiger partial charge in [0.05, 0.1) is 11.7 Å². The lowest BCUT2D eigenvalue weighted by molar-refractivity contribution is 1.22. The molecule has 3 aromatic rings. The second kappa shape index (κ2) is 4.58. The minimum atomic E-state index is 1.06. The fourth-order valence-electron chi connectivity index (χ4n) is 2.14. The van der Waals surface area contributed by atoms with Gasteiger partial charge in [0.2, 0.25) is 0 Å². The van der Waals surface area contributed by atoms with Gasteiger partial charge in [-0.1, -0.05) is 26.0 Å². The van der Waals surface area contributed by atoms with Crippen molar-refractivity contribution < 1.29 is 0 Å². The molecule has 17 heavy (non-hydrogen) atoms. The second-order valence-corrected chi connectivity index (χ2v) is 3.99. The van der Waals surface area contributed by atoms with Crippen LogP contribution in [0.25, 0.3) is 21.8 Å². The van der Waals surface area contributed by atoms with Gasteiger partial charge < -0.3 is 4.98 Å². The fraction of sp³-hybridized carbons (Fsp3) is 0.267. The lowest BCUT2D eigenvalue weighted by Crippen LogP contribution is -1.79. The van der Waals surface area contributed by atoms with Crippen molar-refractivity contribution in [2.45, 2.75) is 27.7 Å². The molecule has 0 atom stereocenters. The molecule has 3 rings (SSSR count). The van der Waals surface area contributed by atoms with Gasteiger partial charge in [0, 0.05) is 22.0 Å². The summed E-state index contributed by atoms with van der Waals surface area (Å²) in [5.74, 6) is 0. The number of rotatable bonds is 0. The van der Waals surface area contributed by atoms with Crippen LogP contribution in [0.1, 0.15) is 25.1 Å². The number of nitrogens with zero attached hydrogens (tertiary/aromatic N) is 1. The van der Waals surface area contributed by atoms with E-state index in [0.29, 0.717) is 0 Å². The Kier molecular flexibility index (Phi) is 3.14. The van der Waals surface area contributed by atoms with Crippen LogP contribution in [0.5, 0.6) is 0 Å². The zero-order chi connectivity index (χ0) is 12.4. The molecule has 2 heteroatoms. The van der Waals surface area contributed by atoms with Gasteiger partial charge in [-0.05, 0) is 31.5 Å². The number of benzene rings is 1. The van der Waals surface area contributed by atoms with E-state index in [1.807, 2.05) is 27.0 Å². The molecule has 0 saturated heterocycles. The van der Waals surface area contributed by atoms with Crippen molar-refractivity contribution in [2.75, 3.05) is 0 Å². The lowest BCUT2D eigenvalue weighted by Gasteiger charge is -1.96. The van der Waals surface area contributed by atoms with Gasteiger partial charge in [0.1, 0.15) is 0 Å². The van der Waals surface area contributed by atoms with Crippen LogP contribution in [0.4, 0.5) is 0 Å². The highest BCUT2D eigenvalue weighted by Gasteiger charge is 2.06. The molecule has 0 aliphatic heterocycles. The fourth-order valence-corrected chi connectivity index (χ4v) is 2.14. The highest BCUT2D eigenvalue weighted by molar-refractivity contribution is 6.08. The number of H-pyrrole nitrogens is 1. The Hall–Kier alpha value is -1.83. The summed E-state index contributed by atoms with van der Waals surface area (Å²) >= 11 is 0. The summed E-state index contributed by atoms with van der Waals surface area (Å²) in [4.78, 5) is 7.68. The van der Waals surface area contributed by atoms with Crippen molar-refractivity contribution in [1.29, 1.82) is 0 Å². The van der Waals surface area contributed by atoms with E-state index in [9.17, 15) is 0 Å². The van der Waals surface area contributed by atoms with E-state index in [1.54, 1.807) is 0 Å². The Morgan fingerprint density at radius 2 is 1.82 bits per heavy atom. The number of aromatic nitrogens is 2. The van der Waals surface area contributed by atoms with E-state index >= 15 is 0 Å². The highest BCUT2D eigenvalue weighted by Crippen LogP contribution is 2.27. The maximum atomic E-state index is 4.30. The van der Waals surface area contributed by atoms with Crippen LogP contribution in [0, 0.1) is 13.8 Å². The van der Waals surface area contributed by atoms with Gasteiger partial charge >= 0.3 is 0 Å². The molecule has 0 radical (unpaired) electrons. The van der Waals surface area contributed by atoms with Crippen LogP contribution >= 0.6 is 0 Å². The number of pyridine rings is 1. The van der Waals surface area contributed by atoms with Crippen LogP contribution in [-0.4, -0.2) is 9.97 Å². The predicted molar refractivity (Wildman–Crippen MR) is 74.4 cm³/mol. The average Bonchev–Trinajstić information content (AvgIpc) is 2.71. The first-order valence-corrected chi connectivity index (χ1v) is 6.09. The molecule has 0 spiro atoms. The highest BCUT2D eigenvalue weighted by atomic mass is 14.8. The minimum absolute atomic E-state index is 1.06. The standard InChI is InChI=1S/C13H12N2.C2H6/c1-8-4-3-5-11-13(8)10-6-9(2)14-7-12(10)15-11;1-2/h3-7,15H,1-2H3;1-2H3. The predicted octanol–water partition coefficient (Wildman–Crippen LogP) is 4.36. The van der Waals surface area contributed by atoms with Crippen LogP contribution < -0.4 is 0 Å². The number of hydrogen-bond donors (Lipinski definition) is 1. The van der Waals surface area contributed by atoms with Crippen molar-refractivity contribution in [3.63, 3.8) is 0 Å². The molecule has 0 bridgehead atoms. The van der Waals surface area contributed by atoms with E-state index in [-0.39, 0.29) is 0 Å². The van der Waals surface area contributed by atoms with Gasteiger partial charge in [0.25, 0.3) is 0 Å². The number of aryl methyl sites for hydroxylation is 2. The number of fused-ring (bicyclic) bond motifs is 3. The molecule has 2 heterocycles. The summed E-state index contributed by atoms with van der Waals surface area (Å²) in [5, 5.41) is 2.59. The third-order valence-corrected chi connectivity index (χ3v) is 2.85. The second-order valence-electron chi connectivity index (χ2n) is 3.99. The summed E-state index contributed by atoms with van der Waals surface area (Å²) in [6.45, 7) is 8.17.